The number of benzene rings is 4. The second kappa shape index (κ2) is 40.1. The van der Waals surface area contributed by atoms with Crippen molar-refractivity contribution >= 4 is 87.3 Å². The molecule has 2 atom stereocenters. The maximum atomic E-state index is 15.3. The smallest absolute Gasteiger partial charge is 0.298 e. The number of thiophene rings is 1. The number of hydrogen-bond donors (Lipinski definition) is 2. The third kappa shape index (κ3) is 22.0. The predicted octanol–water partition coefficient (Wildman–Crippen LogP) is 18.0. The Morgan fingerprint density at radius 3 is 2.05 bits per heavy atom. The molecule has 1 amide bonds. The summed E-state index contributed by atoms with van der Waals surface area (Å²) in [5.74, 6) is 0.153. The number of halogens is 1. The lowest BCUT2D eigenvalue weighted by molar-refractivity contribution is -0.122. The summed E-state index contributed by atoms with van der Waals surface area (Å²) in [6.07, 6.45) is 31.1. The van der Waals surface area contributed by atoms with Crippen LogP contribution in [0.1, 0.15) is 206 Å². The zero-order chi connectivity index (χ0) is 65.4. The molecule has 2 fully saturated rings. The van der Waals surface area contributed by atoms with Crippen molar-refractivity contribution in [3.8, 4) is 16.2 Å². The predicted molar refractivity (Wildman–Crippen MR) is 378 cm³/mol. The molecule has 17 heteroatoms. The molecule has 0 aliphatic carbocycles. The van der Waals surface area contributed by atoms with E-state index in [4.69, 9.17) is 23.6 Å². The van der Waals surface area contributed by atoms with Gasteiger partial charge in [-0.05, 0) is 124 Å². The van der Waals surface area contributed by atoms with E-state index in [1.807, 2.05) is 80.2 Å². The van der Waals surface area contributed by atoms with Crippen molar-refractivity contribution in [2.75, 3.05) is 82.9 Å². The van der Waals surface area contributed by atoms with Crippen LogP contribution >= 0.6 is 23.3 Å². The summed E-state index contributed by atoms with van der Waals surface area (Å²) in [6.45, 7) is 16.3. The normalized spacial score (nSPS) is 15.3. The molecule has 2 aliphatic heterocycles. The zero-order valence-corrected chi connectivity index (χ0v) is 57.6. The molecular formula is C74H105FN6O8S2. The van der Waals surface area contributed by atoms with Gasteiger partial charge in [0.15, 0.2) is 36.0 Å². The van der Waals surface area contributed by atoms with Crippen molar-refractivity contribution in [2.24, 2.45) is 0 Å². The second-order valence-electron chi connectivity index (χ2n) is 24.5. The minimum absolute atomic E-state index is 0.0765. The Hall–Kier alpha value is -6.11. The number of ether oxygens (including phenoxy) is 3. The quantitative estimate of drug-likeness (QED) is 0.0163. The summed E-state index contributed by atoms with van der Waals surface area (Å²) in [7, 11) is 7.16. The molecule has 4 aromatic carbocycles. The van der Waals surface area contributed by atoms with Crippen molar-refractivity contribution in [1.82, 2.24) is 14.6 Å². The van der Waals surface area contributed by atoms with Crippen LogP contribution in [0.3, 0.4) is 0 Å². The van der Waals surface area contributed by atoms with E-state index < -0.39 is 11.9 Å². The Morgan fingerprint density at radius 1 is 0.835 bits per heavy atom. The first kappa shape index (κ1) is 73.9. The largest absolute Gasteiger partial charge is 0.481 e. The van der Waals surface area contributed by atoms with Gasteiger partial charge in [0.05, 0.1) is 4.88 Å². The number of anilines is 3. The molecule has 2 saturated heterocycles. The maximum Gasteiger partial charge on any atom is 0.298 e. The van der Waals surface area contributed by atoms with E-state index >= 15 is 4.39 Å². The summed E-state index contributed by atoms with van der Waals surface area (Å²) in [4.78, 5) is 57.4. The first-order valence-corrected chi connectivity index (χ1v) is 35.4. The number of aromatic nitrogens is 1. The lowest BCUT2D eigenvalue weighted by Gasteiger charge is -2.45. The Kier molecular flexibility index (Phi) is 32.6. The van der Waals surface area contributed by atoms with Crippen LogP contribution in [0.4, 0.5) is 21.8 Å². The lowest BCUT2D eigenvalue weighted by atomic mass is 9.85. The van der Waals surface area contributed by atoms with Gasteiger partial charge in [-0.3, -0.25) is 19.2 Å². The summed E-state index contributed by atoms with van der Waals surface area (Å²) in [5.41, 5.74) is 6.80. The monoisotopic (exact) mass is 1290 g/mol. The van der Waals surface area contributed by atoms with Crippen LogP contribution in [0, 0.1) is 5.82 Å². The third-order valence-corrected chi connectivity index (χ3v) is 20.1. The van der Waals surface area contributed by atoms with Crippen LogP contribution in [-0.4, -0.2) is 119 Å². The van der Waals surface area contributed by atoms with Crippen molar-refractivity contribution in [3.63, 3.8) is 0 Å². The van der Waals surface area contributed by atoms with Crippen molar-refractivity contribution in [2.45, 2.75) is 198 Å². The van der Waals surface area contributed by atoms with E-state index in [1.165, 1.54) is 108 Å². The van der Waals surface area contributed by atoms with Crippen LogP contribution in [0.5, 0.6) is 5.75 Å². The van der Waals surface area contributed by atoms with Crippen LogP contribution in [0.15, 0.2) is 89.9 Å². The van der Waals surface area contributed by atoms with Crippen LogP contribution in [-0.2, 0) is 24.8 Å². The minimum Gasteiger partial charge on any atom is -0.481 e. The highest BCUT2D eigenvalue weighted by Gasteiger charge is 2.36. The highest BCUT2D eigenvalue weighted by atomic mass is 32.2. The number of amides is 1. The topological polar surface area (TPSA) is 156 Å². The average Bonchev–Trinajstić information content (AvgIpc) is 1.37. The Bertz CT molecular complexity index is 3140. The van der Waals surface area contributed by atoms with E-state index in [0.29, 0.717) is 47.4 Å². The number of oxazole rings is 1. The van der Waals surface area contributed by atoms with Crippen LogP contribution < -0.4 is 25.2 Å². The lowest BCUT2D eigenvalue weighted by Crippen LogP contribution is -2.49. The molecule has 2 aromatic heterocycles. The number of carbonyl (C=O) groups is 4. The van der Waals surface area contributed by atoms with Gasteiger partial charge in [-0.1, -0.05) is 164 Å². The van der Waals surface area contributed by atoms with Gasteiger partial charge in [-0.25, -0.2) is 8.70 Å². The Morgan fingerprint density at radius 2 is 1.47 bits per heavy atom. The Balaban J connectivity index is 0.000000466. The molecule has 0 bridgehead atoms. The summed E-state index contributed by atoms with van der Waals surface area (Å²) < 4.78 is 39.6. The molecule has 2 unspecified atom stereocenters. The molecule has 498 valence electrons. The molecule has 14 nitrogen and oxygen atoms in total. The molecular weight excluding hydrogens is 1180 g/mol. The molecule has 2 N–H and O–H groups in total. The average molecular weight is 1290 g/mol. The maximum absolute atomic E-state index is 15.3. The molecule has 2 aliphatic rings. The number of likely N-dealkylation sites (N-methyl/N-ethyl adjacent to an activating group) is 2. The first-order valence-electron chi connectivity index (χ1n) is 33.7. The third-order valence-electron chi connectivity index (χ3n) is 17.6. The van der Waals surface area contributed by atoms with Gasteiger partial charge < -0.3 is 39.1 Å². The number of fused-ring (bicyclic) bond motifs is 2. The molecule has 6 aromatic rings. The Labute approximate surface area is 551 Å². The second-order valence-corrected chi connectivity index (χ2v) is 26.5. The van der Waals surface area contributed by atoms with E-state index in [-0.39, 0.29) is 40.6 Å². The zero-order valence-electron chi connectivity index (χ0n) is 55.9. The van der Waals surface area contributed by atoms with Gasteiger partial charge in [-0.2, -0.15) is 4.98 Å². The standard InChI is InChI=1S/C52H57FN6O6S2.C20H42O2.C2H6/c1-6-7-14-43(50(63)54-4)57(5)42-18-16-39(40-13-9-11-36(30-61)46(40)42)34-19-22-58(23-20-34)51-56-41-17-15-33(27-44(41)65-51)32-66-59-24-21-38(29-52(59,2)3)55-37-12-8-10-35(28-37)49-47(53)48(64-26-25-60)45(31-62)67-49;1-21-19-17-15-13-11-9-7-5-3-4-6-8-10-12-14-16-18-20-22-2;1-2/h6,8-13,15-18,25,27-28,30-31,34,38,43,55H,1,7,14,19-24,26,29,32H2,2-5H3,(H,54,63);3-20H2,1-2H3;1-2H3. The van der Waals surface area contributed by atoms with E-state index in [9.17, 15) is 19.2 Å². The molecule has 91 heavy (non-hydrogen) atoms. The number of piperidine rings is 2. The van der Waals surface area contributed by atoms with Crippen molar-refractivity contribution in [1.29, 1.82) is 0 Å². The first-order chi connectivity index (χ1) is 44.4. The number of nitrogens with zero attached hydrogens (tertiary/aromatic N) is 4. The van der Waals surface area contributed by atoms with Crippen LogP contribution in [0.2, 0.25) is 0 Å². The summed E-state index contributed by atoms with van der Waals surface area (Å²) in [6, 6.07) is 24.3. The van der Waals surface area contributed by atoms with Crippen LogP contribution in [0.25, 0.3) is 32.3 Å². The summed E-state index contributed by atoms with van der Waals surface area (Å²) >= 11 is 2.83. The number of unbranched alkanes of at least 4 members (excludes halogenated alkanes) is 15. The highest BCUT2D eigenvalue weighted by molar-refractivity contribution is 7.96. The SMILES string of the molecule is C=CCCC(C(=O)NC)N(C)c1ccc(C2CCN(c3nc4ccc(CSN5CCC(Nc6cccc(-c7sc(C=O)c(OCC=O)c7F)c6)CC5(C)C)cc4o3)CC2)c2cccc(C=O)c12.CC.COCCCCCCCCCCCCCCCCCCOC. The summed E-state index contributed by atoms with van der Waals surface area (Å²) in [5, 5.41) is 8.38. The fourth-order valence-electron chi connectivity index (χ4n) is 12.6. The number of allylic oxidation sites excluding steroid dienone is 1. The number of nitrogens with one attached hydrogen (secondary N) is 2. The van der Waals surface area contributed by atoms with Gasteiger partial charge in [-0.15, -0.1) is 17.9 Å². The fraction of sp³-hybridized carbons (Fsp3) is 0.554. The number of aldehydes is 3. The molecule has 0 spiro atoms. The number of methoxy groups -OCH3 is 2. The highest BCUT2D eigenvalue weighted by Crippen LogP contribution is 2.43. The minimum atomic E-state index is -0.638. The van der Waals surface area contributed by atoms with E-state index in [0.717, 1.165) is 121 Å². The van der Waals surface area contributed by atoms with Gasteiger partial charge >= 0.3 is 0 Å². The molecule has 0 radical (unpaired) electrons. The number of rotatable bonds is 38. The fourth-order valence-corrected chi connectivity index (χ4v) is 14.7. The molecule has 4 heterocycles. The molecule has 0 saturated carbocycles. The van der Waals surface area contributed by atoms with Gasteiger partial charge in [0.2, 0.25) is 5.91 Å². The van der Waals surface area contributed by atoms with Crippen molar-refractivity contribution in [3.05, 3.63) is 113 Å². The van der Waals surface area contributed by atoms with Gasteiger partial charge in [0.25, 0.3) is 6.01 Å². The van der Waals surface area contributed by atoms with Crippen molar-refractivity contribution < 1.29 is 42.2 Å². The van der Waals surface area contributed by atoms with E-state index in [1.54, 1.807) is 27.3 Å². The number of carbonyl (C=O) groups excluding carboxylic acids is 4. The van der Waals surface area contributed by atoms with Gasteiger partial charge in [0.1, 0.15) is 23.0 Å². The van der Waals surface area contributed by atoms with E-state index in [2.05, 4.69) is 70.6 Å². The van der Waals surface area contributed by atoms with Gasteiger partial charge in [0, 0.05) is 101 Å². The molecule has 8 rings (SSSR count). The number of hydrogen-bond acceptors (Lipinski definition) is 15.